The minimum Gasteiger partial charge on any atom is -0.456 e. The Bertz CT molecular complexity index is 2640. The number of fused-ring (bicyclic) bond motifs is 10. The van der Waals surface area contributed by atoms with E-state index >= 15 is 0 Å². The van der Waals surface area contributed by atoms with E-state index in [9.17, 15) is 0 Å². The molecule has 9 aromatic rings. The maximum Gasteiger partial charge on any atom is 0.138 e. The van der Waals surface area contributed by atoms with Gasteiger partial charge in [0.1, 0.15) is 17.0 Å². The second-order valence-corrected chi connectivity index (χ2v) is 13.2. The van der Waals surface area contributed by atoms with E-state index in [0.29, 0.717) is 0 Å². The molecule has 3 heterocycles. The number of benzene rings is 6. The molecule has 0 spiro atoms. The monoisotopic (exact) mass is 602 g/mol. The largest absolute Gasteiger partial charge is 0.456 e. The first-order valence-corrected chi connectivity index (χ1v) is 16.2. The van der Waals surface area contributed by atoms with Crippen LogP contribution in [0.2, 0.25) is 0 Å². The number of furan rings is 1. The molecule has 0 aliphatic heterocycles. The van der Waals surface area contributed by atoms with Crippen LogP contribution in [-0.4, -0.2) is 9.55 Å². The van der Waals surface area contributed by atoms with Crippen molar-refractivity contribution in [3.8, 4) is 39.3 Å². The fourth-order valence-electron chi connectivity index (χ4n) is 7.93. The lowest BCUT2D eigenvalue weighted by Gasteiger charge is -2.22. The minimum absolute atomic E-state index is 0.193. The Morgan fingerprint density at radius 2 is 1.23 bits per heavy atom. The second kappa shape index (κ2) is 9.54. The molecule has 10 rings (SSSR count). The zero-order valence-electron chi connectivity index (χ0n) is 26.2. The predicted octanol–water partition coefficient (Wildman–Crippen LogP) is 11.7. The first-order valence-electron chi connectivity index (χ1n) is 16.2. The summed E-state index contributed by atoms with van der Waals surface area (Å²) in [5.74, 6) is 0.910. The second-order valence-electron chi connectivity index (χ2n) is 13.2. The summed E-state index contributed by atoms with van der Waals surface area (Å²) < 4.78 is 8.73. The summed E-state index contributed by atoms with van der Waals surface area (Å²) in [6, 6.07) is 52.0. The van der Waals surface area contributed by atoms with Gasteiger partial charge in [0.25, 0.3) is 0 Å². The summed E-state index contributed by atoms with van der Waals surface area (Å²) in [7, 11) is 0. The quantitative estimate of drug-likeness (QED) is 0.201. The Hall–Kier alpha value is -5.93. The van der Waals surface area contributed by atoms with E-state index < -0.39 is 0 Å². The third-order valence-corrected chi connectivity index (χ3v) is 10.2. The summed E-state index contributed by atoms with van der Waals surface area (Å²) in [5.41, 5.74) is 13.6. The first-order chi connectivity index (χ1) is 23.1. The summed E-state index contributed by atoms with van der Waals surface area (Å²) in [5, 5.41) is 4.81. The van der Waals surface area contributed by atoms with Crippen LogP contribution >= 0.6 is 0 Å². The fraction of sp³-hybridized carbons (Fsp3) is 0.0682. The molecule has 3 nitrogen and oxygen atoms in total. The Labute approximate surface area is 272 Å². The molecule has 0 N–H and O–H groups in total. The number of pyridine rings is 1. The average Bonchev–Trinajstić information content (AvgIpc) is 3.73. The van der Waals surface area contributed by atoms with Gasteiger partial charge in [-0.15, -0.1) is 0 Å². The van der Waals surface area contributed by atoms with Gasteiger partial charge >= 0.3 is 0 Å². The van der Waals surface area contributed by atoms with Crippen molar-refractivity contribution in [2.24, 2.45) is 0 Å². The van der Waals surface area contributed by atoms with Gasteiger partial charge < -0.3 is 4.42 Å². The number of nitrogens with zero attached hydrogens (tertiary/aromatic N) is 2. The first kappa shape index (κ1) is 26.3. The summed E-state index contributed by atoms with van der Waals surface area (Å²) in [6.07, 6.45) is 0. The molecule has 1 aliphatic rings. The molecule has 6 aromatic carbocycles. The van der Waals surface area contributed by atoms with E-state index in [2.05, 4.69) is 158 Å². The number of hydrogen-bond donors (Lipinski definition) is 0. The normalized spacial score (nSPS) is 13.5. The van der Waals surface area contributed by atoms with Gasteiger partial charge in [-0.3, -0.25) is 4.57 Å². The van der Waals surface area contributed by atoms with Crippen LogP contribution in [0.5, 0.6) is 0 Å². The Morgan fingerprint density at radius 1 is 0.532 bits per heavy atom. The lowest BCUT2D eigenvalue weighted by molar-refractivity contribution is 0.657. The molecule has 0 unspecified atom stereocenters. The molecule has 0 radical (unpaired) electrons. The molecule has 222 valence electrons. The maximum atomic E-state index is 6.36. The lowest BCUT2D eigenvalue weighted by Crippen LogP contribution is -2.15. The van der Waals surface area contributed by atoms with Crippen LogP contribution in [0, 0.1) is 0 Å². The highest BCUT2D eigenvalue weighted by Crippen LogP contribution is 2.54. The Morgan fingerprint density at radius 3 is 2.04 bits per heavy atom. The van der Waals surface area contributed by atoms with Crippen molar-refractivity contribution >= 4 is 43.7 Å². The van der Waals surface area contributed by atoms with Crippen molar-refractivity contribution in [3.05, 3.63) is 157 Å². The SMILES string of the molecule is CC1(C)c2cc3c(cc2-c2c1ccc1oc4ccccc4c21)c1ccccc1n3-c1cc(-c2ccccc2)cc(-c2ccccc2)n1. The fourth-order valence-corrected chi connectivity index (χ4v) is 7.93. The summed E-state index contributed by atoms with van der Waals surface area (Å²) in [6.45, 7) is 4.71. The average molecular weight is 603 g/mol. The highest BCUT2D eigenvalue weighted by atomic mass is 16.3. The van der Waals surface area contributed by atoms with Gasteiger partial charge in [0.15, 0.2) is 0 Å². The van der Waals surface area contributed by atoms with Crippen LogP contribution in [0.1, 0.15) is 25.0 Å². The van der Waals surface area contributed by atoms with E-state index in [1.165, 1.54) is 49.4 Å². The van der Waals surface area contributed by atoms with Crippen LogP contribution in [0.25, 0.3) is 83.1 Å². The smallest absolute Gasteiger partial charge is 0.138 e. The minimum atomic E-state index is -0.193. The number of aromatic nitrogens is 2. The number of para-hydroxylation sites is 2. The molecule has 3 aromatic heterocycles. The molecule has 47 heavy (non-hydrogen) atoms. The van der Waals surface area contributed by atoms with Crippen LogP contribution in [0.3, 0.4) is 0 Å². The van der Waals surface area contributed by atoms with Crippen LogP contribution in [0.15, 0.2) is 150 Å². The van der Waals surface area contributed by atoms with Gasteiger partial charge in [-0.05, 0) is 75.8 Å². The van der Waals surface area contributed by atoms with Gasteiger partial charge in [-0.2, -0.15) is 0 Å². The molecular formula is C44H30N2O. The van der Waals surface area contributed by atoms with Crippen molar-refractivity contribution in [1.82, 2.24) is 9.55 Å². The molecule has 0 saturated carbocycles. The van der Waals surface area contributed by atoms with Crippen LogP contribution < -0.4 is 0 Å². The molecule has 0 amide bonds. The Kier molecular flexibility index (Phi) is 5.34. The molecule has 0 bridgehead atoms. The van der Waals surface area contributed by atoms with Crippen LogP contribution in [0.4, 0.5) is 0 Å². The van der Waals surface area contributed by atoms with Crippen molar-refractivity contribution < 1.29 is 4.42 Å². The third-order valence-electron chi connectivity index (χ3n) is 10.2. The van der Waals surface area contributed by atoms with E-state index in [0.717, 1.165) is 44.8 Å². The topological polar surface area (TPSA) is 31.0 Å². The third kappa shape index (κ3) is 3.71. The molecule has 0 fully saturated rings. The highest BCUT2D eigenvalue weighted by Gasteiger charge is 2.38. The number of rotatable bonds is 3. The molecule has 1 aliphatic carbocycles. The number of hydrogen-bond acceptors (Lipinski definition) is 2. The summed E-state index contributed by atoms with van der Waals surface area (Å²) >= 11 is 0. The maximum absolute atomic E-state index is 6.36. The lowest BCUT2D eigenvalue weighted by atomic mass is 9.82. The van der Waals surface area contributed by atoms with Crippen molar-refractivity contribution in [2.75, 3.05) is 0 Å². The van der Waals surface area contributed by atoms with E-state index in [-0.39, 0.29) is 5.41 Å². The molecule has 3 heteroatoms. The van der Waals surface area contributed by atoms with Gasteiger partial charge in [-0.25, -0.2) is 4.98 Å². The zero-order valence-corrected chi connectivity index (χ0v) is 26.2. The standard InChI is InChI=1S/C44H30N2O/c1-44(2)34-21-22-40-43(31-18-10-12-20-39(31)47-40)42(34)33-25-32-30-17-9-11-19-37(30)46(38(32)26-35(33)44)41-24-29(27-13-5-3-6-14-27)23-36(45-41)28-15-7-4-8-16-28/h3-26H,1-2H3. The Balaban J connectivity index is 1.30. The van der Waals surface area contributed by atoms with Crippen molar-refractivity contribution in [3.63, 3.8) is 0 Å². The molecule has 0 saturated heterocycles. The van der Waals surface area contributed by atoms with Gasteiger partial charge in [0.2, 0.25) is 0 Å². The van der Waals surface area contributed by atoms with E-state index in [4.69, 9.17) is 9.40 Å². The van der Waals surface area contributed by atoms with Crippen LogP contribution in [-0.2, 0) is 5.41 Å². The zero-order chi connectivity index (χ0) is 31.3. The van der Waals surface area contributed by atoms with Gasteiger partial charge in [-0.1, -0.05) is 117 Å². The highest BCUT2D eigenvalue weighted by molar-refractivity contribution is 6.17. The van der Waals surface area contributed by atoms with Crippen molar-refractivity contribution in [1.29, 1.82) is 0 Å². The van der Waals surface area contributed by atoms with E-state index in [1.807, 2.05) is 6.07 Å². The summed E-state index contributed by atoms with van der Waals surface area (Å²) in [4.78, 5) is 5.36. The predicted molar refractivity (Wildman–Crippen MR) is 194 cm³/mol. The molecule has 0 atom stereocenters. The van der Waals surface area contributed by atoms with Crippen molar-refractivity contribution in [2.45, 2.75) is 19.3 Å². The van der Waals surface area contributed by atoms with Gasteiger partial charge in [0.05, 0.1) is 16.7 Å². The van der Waals surface area contributed by atoms with E-state index in [1.54, 1.807) is 0 Å². The van der Waals surface area contributed by atoms with Gasteiger partial charge in [0, 0.05) is 32.5 Å². The molecular weight excluding hydrogens is 572 g/mol.